The highest BCUT2D eigenvalue weighted by Gasteiger charge is 2.33. The molecule has 3 rings (SSSR count). The molecule has 0 atom stereocenters. The monoisotopic (exact) mass is 454 g/mol. The fourth-order valence-electron chi connectivity index (χ4n) is 3.01. The van der Waals surface area contributed by atoms with Crippen LogP contribution in [-0.2, 0) is 15.0 Å². The van der Waals surface area contributed by atoms with Crippen LogP contribution in [0.15, 0.2) is 53.4 Å². The average Bonchev–Trinajstić information content (AvgIpc) is 2.97. The van der Waals surface area contributed by atoms with Crippen LogP contribution >= 0.6 is 24.0 Å². The highest BCUT2D eigenvalue weighted by molar-refractivity contribution is 8.26. The molecule has 0 unspecified atom stereocenters. The third-order valence-corrected chi connectivity index (χ3v) is 6.08. The molecule has 1 aliphatic rings. The fraction of sp³-hybridized carbons (Fsp3) is 0.292. The minimum absolute atomic E-state index is 0.0681. The van der Waals surface area contributed by atoms with Crippen LogP contribution in [-0.4, -0.2) is 34.2 Å². The van der Waals surface area contributed by atoms with Gasteiger partial charge in [-0.1, -0.05) is 69.0 Å². The predicted molar refractivity (Wildman–Crippen MR) is 131 cm³/mol. The number of benzene rings is 2. The third-order valence-electron chi connectivity index (χ3n) is 4.70. The molecule has 5 nitrogen and oxygen atoms in total. The van der Waals surface area contributed by atoms with Crippen molar-refractivity contribution in [3.63, 3.8) is 0 Å². The predicted octanol–water partition coefficient (Wildman–Crippen LogP) is 5.22. The van der Waals surface area contributed by atoms with Gasteiger partial charge in [-0.25, -0.2) is 0 Å². The second kappa shape index (κ2) is 9.66. The van der Waals surface area contributed by atoms with Crippen LogP contribution < -0.4 is 10.1 Å². The number of amides is 2. The third kappa shape index (κ3) is 5.95. The molecule has 0 aliphatic carbocycles. The lowest BCUT2D eigenvalue weighted by Crippen LogP contribution is -2.36. The van der Waals surface area contributed by atoms with Crippen molar-refractivity contribution < 1.29 is 14.3 Å². The number of hydrogen-bond donors (Lipinski definition) is 1. The molecule has 0 saturated carbocycles. The number of nitrogens with one attached hydrogen (secondary N) is 1. The molecule has 0 bridgehead atoms. The molecule has 0 aromatic heterocycles. The minimum atomic E-state index is -0.309. The van der Waals surface area contributed by atoms with Crippen molar-refractivity contribution in [2.24, 2.45) is 0 Å². The van der Waals surface area contributed by atoms with Crippen LogP contribution in [0, 0.1) is 0 Å². The van der Waals surface area contributed by atoms with Crippen molar-refractivity contribution >= 4 is 51.9 Å². The van der Waals surface area contributed by atoms with Gasteiger partial charge in [0, 0.05) is 5.69 Å². The van der Waals surface area contributed by atoms with Crippen LogP contribution in [0.4, 0.5) is 5.69 Å². The Morgan fingerprint density at radius 1 is 1.13 bits per heavy atom. The summed E-state index contributed by atoms with van der Waals surface area (Å²) in [6, 6.07) is 15.2. The average molecular weight is 455 g/mol. The van der Waals surface area contributed by atoms with E-state index in [2.05, 4.69) is 38.2 Å². The van der Waals surface area contributed by atoms with Crippen LogP contribution in [0.2, 0.25) is 0 Å². The first-order chi connectivity index (χ1) is 14.7. The number of thiocarbonyl (C=S) groups is 1. The first-order valence-corrected chi connectivity index (χ1v) is 11.3. The molecule has 0 spiro atoms. The Morgan fingerprint density at radius 3 is 2.35 bits per heavy atom. The Balaban J connectivity index is 1.64. The summed E-state index contributed by atoms with van der Waals surface area (Å²) in [6.07, 6.45) is 1.82. The van der Waals surface area contributed by atoms with Gasteiger partial charge in [-0.2, -0.15) is 0 Å². The Morgan fingerprint density at radius 2 is 1.77 bits per heavy atom. The number of carbonyl (C=O) groups is 2. The van der Waals surface area contributed by atoms with Gasteiger partial charge in [0.15, 0.2) is 0 Å². The van der Waals surface area contributed by atoms with E-state index < -0.39 is 0 Å². The standard InChI is InChI=1S/C24H26N2O3S2/c1-5-29-19-12-10-18(11-13-19)25-21(27)15-26-22(28)20(31-23(26)30)14-16-6-8-17(9-7-16)24(2,3)4/h6-14H,5,15H2,1-4H3,(H,25,27)/b20-14-. The second-order valence-corrected chi connectivity index (χ2v) is 9.82. The van der Waals surface area contributed by atoms with E-state index >= 15 is 0 Å². The summed E-state index contributed by atoms with van der Waals surface area (Å²) in [5, 5.41) is 2.79. The summed E-state index contributed by atoms with van der Waals surface area (Å²) in [7, 11) is 0. The zero-order valence-electron chi connectivity index (χ0n) is 18.1. The number of nitrogens with zero attached hydrogens (tertiary/aromatic N) is 1. The molecule has 31 heavy (non-hydrogen) atoms. The lowest BCUT2D eigenvalue weighted by Gasteiger charge is -2.18. The van der Waals surface area contributed by atoms with E-state index in [4.69, 9.17) is 17.0 Å². The number of ether oxygens (including phenoxy) is 1. The van der Waals surface area contributed by atoms with E-state index in [1.807, 2.05) is 25.1 Å². The highest BCUT2D eigenvalue weighted by Crippen LogP contribution is 2.33. The van der Waals surface area contributed by atoms with Crippen molar-refractivity contribution in [2.75, 3.05) is 18.5 Å². The first-order valence-electron chi connectivity index (χ1n) is 10.1. The lowest BCUT2D eigenvalue weighted by atomic mass is 9.87. The van der Waals surface area contributed by atoms with Crippen molar-refractivity contribution in [1.29, 1.82) is 0 Å². The number of carbonyl (C=O) groups excluding carboxylic acids is 2. The summed E-state index contributed by atoms with van der Waals surface area (Å²) in [5.41, 5.74) is 2.85. The maximum Gasteiger partial charge on any atom is 0.266 e. The molecular weight excluding hydrogens is 428 g/mol. The molecule has 2 amide bonds. The first kappa shape index (κ1) is 23.0. The smallest absolute Gasteiger partial charge is 0.266 e. The largest absolute Gasteiger partial charge is 0.494 e. The molecule has 1 aliphatic heterocycles. The van der Waals surface area contributed by atoms with Gasteiger partial charge in [-0.3, -0.25) is 14.5 Å². The van der Waals surface area contributed by atoms with Crippen molar-refractivity contribution in [3.8, 4) is 5.75 Å². The van der Waals surface area contributed by atoms with Gasteiger partial charge in [0.25, 0.3) is 5.91 Å². The normalized spacial score (nSPS) is 15.5. The zero-order chi connectivity index (χ0) is 22.6. The molecule has 1 heterocycles. The number of hydrogen-bond acceptors (Lipinski definition) is 5. The molecule has 1 N–H and O–H groups in total. The SMILES string of the molecule is CCOc1ccc(NC(=O)CN2C(=O)/C(=C/c3ccc(C(C)(C)C)cc3)SC2=S)cc1. The highest BCUT2D eigenvalue weighted by atomic mass is 32.2. The van der Waals surface area contributed by atoms with E-state index in [1.165, 1.54) is 22.2 Å². The van der Waals surface area contributed by atoms with Gasteiger partial charge in [-0.15, -0.1) is 0 Å². The van der Waals surface area contributed by atoms with Crippen LogP contribution in [0.3, 0.4) is 0 Å². The lowest BCUT2D eigenvalue weighted by molar-refractivity contribution is -0.126. The minimum Gasteiger partial charge on any atom is -0.494 e. The molecule has 2 aromatic rings. The van der Waals surface area contributed by atoms with Crippen molar-refractivity contribution in [1.82, 2.24) is 4.90 Å². The Labute approximate surface area is 192 Å². The second-order valence-electron chi connectivity index (χ2n) is 8.15. The number of anilines is 1. The molecular formula is C24H26N2O3S2. The quantitative estimate of drug-likeness (QED) is 0.479. The van der Waals surface area contributed by atoms with Gasteiger partial charge in [-0.05, 0) is 53.8 Å². The van der Waals surface area contributed by atoms with Crippen molar-refractivity contribution in [2.45, 2.75) is 33.1 Å². The summed E-state index contributed by atoms with van der Waals surface area (Å²) >= 11 is 6.55. The molecule has 7 heteroatoms. The van der Waals surface area contributed by atoms with Gasteiger partial charge < -0.3 is 10.1 Å². The van der Waals surface area contributed by atoms with E-state index in [9.17, 15) is 9.59 Å². The molecule has 1 saturated heterocycles. The maximum absolute atomic E-state index is 12.8. The zero-order valence-corrected chi connectivity index (χ0v) is 19.7. The molecule has 0 radical (unpaired) electrons. The van der Waals surface area contributed by atoms with Crippen LogP contribution in [0.5, 0.6) is 5.75 Å². The fourth-order valence-corrected chi connectivity index (χ4v) is 4.27. The van der Waals surface area contributed by atoms with E-state index in [1.54, 1.807) is 24.3 Å². The Kier molecular flexibility index (Phi) is 7.18. The van der Waals surface area contributed by atoms with E-state index in [0.29, 0.717) is 21.5 Å². The van der Waals surface area contributed by atoms with Crippen molar-refractivity contribution in [3.05, 3.63) is 64.6 Å². The van der Waals surface area contributed by atoms with Crippen LogP contribution in [0.1, 0.15) is 38.8 Å². The van der Waals surface area contributed by atoms with E-state index in [0.717, 1.165) is 11.3 Å². The van der Waals surface area contributed by atoms with Gasteiger partial charge in [0.1, 0.15) is 16.6 Å². The number of thioether (sulfide) groups is 1. The molecule has 162 valence electrons. The summed E-state index contributed by atoms with van der Waals surface area (Å²) in [4.78, 5) is 27.1. The van der Waals surface area contributed by atoms with Gasteiger partial charge in [0.2, 0.25) is 5.91 Å². The van der Waals surface area contributed by atoms with Gasteiger partial charge in [0.05, 0.1) is 11.5 Å². The maximum atomic E-state index is 12.8. The number of rotatable bonds is 6. The van der Waals surface area contributed by atoms with E-state index in [-0.39, 0.29) is 23.8 Å². The molecule has 1 fully saturated rings. The molecule has 2 aromatic carbocycles. The Bertz CT molecular complexity index is 1010. The summed E-state index contributed by atoms with van der Waals surface area (Å²) in [6.45, 7) is 8.84. The van der Waals surface area contributed by atoms with Crippen LogP contribution in [0.25, 0.3) is 6.08 Å². The summed E-state index contributed by atoms with van der Waals surface area (Å²) < 4.78 is 5.77. The summed E-state index contributed by atoms with van der Waals surface area (Å²) in [5.74, 6) is 0.172. The topological polar surface area (TPSA) is 58.6 Å². The Hall–Kier alpha value is -2.64. The van der Waals surface area contributed by atoms with Gasteiger partial charge >= 0.3 is 0 Å².